The van der Waals surface area contributed by atoms with Crippen molar-refractivity contribution >= 4 is 17.6 Å². The maximum Gasteiger partial charge on any atom is 0.419 e. The maximum absolute atomic E-state index is 12.7. The third-order valence-electron chi connectivity index (χ3n) is 1.91. The predicted octanol–water partition coefficient (Wildman–Crippen LogP) is 3.48. The fraction of sp³-hybridized carbons (Fsp3) is 0.333. The topological polar surface area (TPSA) is 39.2 Å². The molecule has 1 aromatic rings. The second kappa shape index (κ2) is 5.05. The van der Waals surface area contributed by atoms with Gasteiger partial charge < -0.3 is 4.74 Å². The lowest BCUT2D eigenvalue weighted by atomic mass is 10.1. The second-order valence-corrected chi connectivity index (χ2v) is 3.43. The molecule has 3 nitrogen and oxygen atoms in total. The summed E-state index contributed by atoms with van der Waals surface area (Å²) in [6.45, 7) is 0. The number of pyridine rings is 1. The summed E-state index contributed by atoms with van der Waals surface area (Å²) in [4.78, 5) is 14.1. The third kappa shape index (κ3) is 2.87. The zero-order valence-corrected chi connectivity index (χ0v) is 9.44. The molecule has 0 bridgehead atoms. The van der Waals surface area contributed by atoms with Gasteiger partial charge in [0, 0.05) is 0 Å². The van der Waals surface area contributed by atoms with E-state index in [1.54, 1.807) is 0 Å². The number of alkyl halides is 5. The van der Waals surface area contributed by atoms with Gasteiger partial charge in [-0.3, -0.25) is 0 Å². The van der Waals surface area contributed by atoms with Crippen molar-refractivity contribution in [2.45, 2.75) is 12.6 Å². The Hall–Kier alpha value is -1.44. The van der Waals surface area contributed by atoms with Crippen LogP contribution in [0.2, 0.25) is 5.15 Å². The molecular formula is C9H5ClF5NO2. The van der Waals surface area contributed by atoms with Crippen molar-refractivity contribution in [3.05, 3.63) is 28.0 Å². The lowest BCUT2D eigenvalue weighted by molar-refractivity contribution is -0.140. The largest absolute Gasteiger partial charge is 0.465 e. The molecule has 0 aliphatic rings. The van der Waals surface area contributed by atoms with Gasteiger partial charge in [0.05, 0.1) is 18.2 Å². The molecular weight excluding hydrogens is 285 g/mol. The summed E-state index contributed by atoms with van der Waals surface area (Å²) in [6, 6.07) is 0.530. The zero-order chi connectivity index (χ0) is 14.1. The van der Waals surface area contributed by atoms with E-state index < -0.39 is 40.5 Å². The van der Waals surface area contributed by atoms with Gasteiger partial charge in [0.2, 0.25) is 0 Å². The number of carbonyl (C=O) groups excluding carboxylic acids is 1. The van der Waals surface area contributed by atoms with Crippen LogP contribution in [-0.2, 0) is 10.9 Å². The molecule has 1 aromatic heterocycles. The van der Waals surface area contributed by atoms with Crippen molar-refractivity contribution in [1.29, 1.82) is 0 Å². The van der Waals surface area contributed by atoms with Crippen LogP contribution in [0.5, 0.6) is 0 Å². The van der Waals surface area contributed by atoms with E-state index >= 15 is 0 Å². The molecule has 0 unspecified atom stereocenters. The molecule has 0 amide bonds. The van der Waals surface area contributed by atoms with E-state index in [4.69, 9.17) is 11.6 Å². The molecule has 1 heterocycles. The Morgan fingerprint density at radius 3 is 2.39 bits per heavy atom. The van der Waals surface area contributed by atoms with Crippen LogP contribution in [-0.4, -0.2) is 18.1 Å². The Morgan fingerprint density at radius 2 is 2.00 bits per heavy atom. The average Bonchev–Trinajstić information content (AvgIpc) is 2.24. The summed E-state index contributed by atoms with van der Waals surface area (Å²) in [5, 5.41) is -0.654. The van der Waals surface area contributed by atoms with Gasteiger partial charge in [-0.05, 0) is 6.07 Å². The van der Waals surface area contributed by atoms with Gasteiger partial charge >= 0.3 is 12.1 Å². The minimum atomic E-state index is -5.17. The highest BCUT2D eigenvalue weighted by molar-refractivity contribution is 6.29. The van der Waals surface area contributed by atoms with E-state index in [1.807, 2.05) is 0 Å². The smallest absolute Gasteiger partial charge is 0.419 e. The zero-order valence-electron chi connectivity index (χ0n) is 8.69. The number of halogens is 6. The van der Waals surface area contributed by atoms with Crippen LogP contribution in [0.15, 0.2) is 6.07 Å². The van der Waals surface area contributed by atoms with Crippen molar-refractivity contribution in [3.8, 4) is 0 Å². The number of hydrogen-bond donors (Lipinski definition) is 0. The Bertz CT molecular complexity index is 475. The summed E-state index contributed by atoms with van der Waals surface area (Å²) >= 11 is 5.30. The molecule has 0 aliphatic carbocycles. The molecule has 0 saturated carbocycles. The van der Waals surface area contributed by atoms with E-state index in [2.05, 4.69) is 9.72 Å². The first-order valence-corrected chi connectivity index (χ1v) is 4.70. The number of ether oxygens (including phenoxy) is 1. The van der Waals surface area contributed by atoms with Gasteiger partial charge in [0.15, 0.2) is 0 Å². The van der Waals surface area contributed by atoms with Gasteiger partial charge in [-0.2, -0.15) is 13.2 Å². The maximum atomic E-state index is 12.7. The molecule has 0 spiro atoms. The fourth-order valence-corrected chi connectivity index (χ4v) is 1.46. The molecule has 0 N–H and O–H groups in total. The molecule has 0 saturated heterocycles. The summed E-state index contributed by atoms with van der Waals surface area (Å²) in [5.41, 5.74) is -4.54. The monoisotopic (exact) mass is 289 g/mol. The Morgan fingerprint density at radius 1 is 1.44 bits per heavy atom. The van der Waals surface area contributed by atoms with E-state index in [1.165, 1.54) is 0 Å². The number of methoxy groups -OCH3 is 1. The SMILES string of the molecule is COC(=O)c1cc(Cl)nc(C(F)F)c1C(F)(F)F. The van der Waals surface area contributed by atoms with Crippen molar-refractivity contribution in [2.75, 3.05) is 7.11 Å². The summed E-state index contributed by atoms with van der Waals surface area (Å²) in [7, 11) is 0.818. The van der Waals surface area contributed by atoms with Crippen LogP contribution < -0.4 is 0 Å². The predicted molar refractivity (Wildman–Crippen MR) is 50.5 cm³/mol. The number of hydrogen-bond acceptors (Lipinski definition) is 3. The molecule has 0 atom stereocenters. The number of esters is 1. The molecule has 0 aromatic carbocycles. The lowest BCUT2D eigenvalue weighted by Gasteiger charge is -2.15. The van der Waals surface area contributed by atoms with Crippen molar-refractivity contribution in [1.82, 2.24) is 4.98 Å². The Kier molecular flexibility index (Phi) is 4.10. The number of aromatic nitrogens is 1. The first-order chi connectivity index (χ1) is 8.18. The lowest BCUT2D eigenvalue weighted by Crippen LogP contribution is -2.19. The molecule has 18 heavy (non-hydrogen) atoms. The molecule has 0 aliphatic heterocycles. The van der Waals surface area contributed by atoms with Crippen LogP contribution in [0.25, 0.3) is 0 Å². The first kappa shape index (κ1) is 14.6. The molecule has 0 fully saturated rings. The standard InChI is InChI=1S/C9H5ClF5NO2/c1-18-8(17)3-2-4(10)16-6(7(11)12)5(3)9(13,14)15/h2,7H,1H3. The average molecular weight is 290 g/mol. The molecule has 0 radical (unpaired) electrons. The highest BCUT2D eigenvalue weighted by Crippen LogP contribution is 2.38. The highest BCUT2D eigenvalue weighted by Gasteiger charge is 2.41. The second-order valence-electron chi connectivity index (χ2n) is 3.04. The number of carbonyl (C=O) groups is 1. The minimum Gasteiger partial charge on any atom is -0.465 e. The van der Waals surface area contributed by atoms with Gasteiger partial charge in [0.25, 0.3) is 6.43 Å². The molecule has 100 valence electrons. The van der Waals surface area contributed by atoms with Crippen LogP contribution in [0.3, 0.4) is 0 Å². The van der Waals surface area contributed by atoms with Crippen LogP contribution in [0.4, 0.5) is 22.0 Å². The van der Waals surface area contributed by atoms with Crippen LogP contribution in [0.1, 0.15) is 28.0 Å². The number of rotatable bonds is 2. The highest BCUT2D eigenvalue weighted by atomic mass is 35.5. The van der Waals surface area contributed by atoms with Crippen LogP contribution >= 0.6 is 11.6 Å². The summed E-state index contributed by atoms with van der Waals surface area (Å²) in [6.07, 6.45) is -8.70. The summed E-state index contributed by atoms with van der Waals surface area (Å²) in [5.74, 6) is -1.42. The van der Waals surface area contributed by atoms with E-state index in [-0.39, 0.29) is 0 Å². The van der Waals surface area contributed by atoms with Crippen molar-refractivity contribution < 1.29 is 31.5 Å². The van der Waals surface area contributed by atoms with E-state index in [0.717, 1.165) is 7.11 Å². The van der Waals surface area contributed by atoms with E-state index in [9.17, 15) is 26.7 Å². The summed E-state index contributed by atoms with van der Waals surface area (Å²) < 4.78 is 67.1. The van der Waals surface area contributed by atoms with Gasteiger partial charge in [0.1, 0.15) is 10.8 Å². The first-order valence-electron chi connectivity index (χ1n) is 4.32. The van der Waals surface area contributed by atoms with E-state index in [0.29, 0.717) is 6.07 Å². The van der Waals surface area contributed by atoms with Gasteiger partial charge in [-0.1, -0.05) is 11.6 Å². The van der Waals surface area contributed by atoms with Crippen LogP contribution in [0, 0.1) is 0 Å². The van der Waals surface area contributed by atoms with Gasteiger partial charge in [-0.25, -0.2) is 18.6 Å². The van der Waals surface area contributed by atoms with Crippen molar-refractivity contribution in [2.24, 2.45) is 0 Å². The molecule has 9 heteroatoms. The van der Waals surface area contributed by atoms with Crippen molar-refractivity contribution in [3.63, 3.8) is 0 Å². The Labute approximate surface area is 103 Å². The van der Waals surface area contributed by atoms with Gasteiger partial charge in [-0.15, -0.1) is 0 Å². The quantitative estimate of drug-likeness (QED) is 0.475. The normalized spacial score (nSPS) is 11.8. The number of nitrogens with zero attached hydrogens (tertiary/aromatic N) is 1. The fourth-order valence-electron chi connectivity index (χ4n) is 1.26. The molecule has 1 rings (SSSR count). The third-order valence-corrected chi connectivity index (χ3v) is 2.11. The minimum absolute atomic E-state index is 0.530. The Balaban J connectivity index is 3.64.